The third-order valence-electron chi connectivity index (χ3n) is 2.10. The van der Waals surface area contributed by atoms with Crippen LogP contribution in [0.3, 0.4) is 0 Å². The molecule has 0 aliphatic carbocycles. The van der Waals surface area contributed by atoms with E-state index in [1.807, 2.05) is 0 Å². The van der Waals surface area contributed by atoms with Gasteiger partial charge in [-0.2, -0.15) is 0 Å². The number of nitrogens with two attached hydrogens (primary N) is 1. The summed E-state index contributed by atoms with van der Waals surface area (Å²) in [6, 6.07) is 7.83. The fourth-order valence-electron chi connectivity index (χ4n) is 1.30. The zero-order chi connectivity index (χ0) is 12.4. The van der Waals surface area contributed by atoms with Gasteiger partial charge in [-0.25, -0.2) is 13.2 Å². The molecule has 0 saturated carbocycles. The zero-order valence-electron chi connectivity index (χ0n) is 8.58. The largest absolute Gasteiger partial charge is 0.398 e. The summed E-state index contributed by atoms with van der Waals surface area (Å²) < 4.78 is 39.4. The molecule has 0 aromatic heterocycles. The molecular weight excluding hydrogens is 247 g/mol. The lowest BCUT2D eigenvalue weighted by atomic mass is 10.3. The molecule has 0 spiro atoms. The lowest BCUT2D eigenvalue weighted by Gasteiger charge is -2.07. The Labute approximate surface area is 100 Å². The van der Waals surface area contributed by atoms with Crippen LogP contribution in [0.4, 0.5) is 18.9 Å². The van der Waals surface area contributed by atoms with Crippen molar-refractivity contribution in [3.8, 4) is 0 Å². The summed E-state index contributed by atoms with van der Waals surface area (Å²) in [5.41, 5.74) is 5.68. The monoisotopic (exact) mass is 255 g/mol. The molecule has 0 bridgehead atoms. The van der Waals surface area contributed by atoms with Gasteiger partial charge in [0.15, 0.2) is 11.6 Å². The van der Waals surface area contributed by atoms with Gasteiger partial charge in [-0.05, 0) is 30.3 Å². The summed E-state index contributed by atoms with van der Waals surface area (Å²) in [7, 11) is 0. The minimum Gasteiger partial charge on any atom is -0.398 e. The quantitative estimate of drug-likeness (QED) is 0.825. The van der Waals surface area contributed by atoms with Crippen LogP contribution in [0.2, 0.25) is 0 Å². The maximum atomic E-state index is 13.5. The first-order valence-corrected chi connectivity index (χ1v) is 5.56. The maximum Gasteiger partial charge on any atom is 0.174 e. The highest BCUT2D eigenvalue weighted by atomic mass is 32.2. The highest BCUT2D eigenvalue weighted by molar-refractivity contribution is 7.99. The van der Waals surface area contributed by atoms with E-state index in [0.29, 0.717) is 4.90 Å². The van der Waals surface area contributed by atoms with Crippen LogP contribution in [-0.2, 0) is 0 Å². The first-order valence-electron chi connectivity index (χ1n) is 4.75. The Morgan fingerprint density at radius 1 is 1.00 bits per heavy atom. The second-order valence-corrected chi connectivity index (χ2v) is 4.42. The van der Waals surface area contributed by atoms with Crippen LogP contribution in [0.5, 0.6) is 0 Å². The van der Waals surface area contributed by atoms with Crippen molar-refractivity contribution >= 4 is 17.4 Å². The molecule has 0 aliphatic rings. The van der Waals surface area contributed by atoms with Crippen molar-refractivity contribution in [3.05, 3.63) is 53.8 Å². The summed E-state index contributed by atoms with van der Waals surface area (Å²) in [5, 5.41) is 0. The van der Waals surface area contributed by atoms with Crippen LogP contribution in [0, 0.1) is 17.5 Å². The Bertz CT molecular complexity index is 557. The third kappa shape index (κ3) is 2.55. The van der Waals surface area contributed by atoms with E-state index in [-0.39, 0.29) is 10.6 Å². The van der Waals surface area contributed by atoms with Gasteiger partial charge in [0.05, 0.1) is 4.90 Å². The second kappa shape index (κ2) is 4.71. The summed E-state index contributed by atoms with van der Waals surface area (Å²) in [6.07, 6.45) is 0. The lowest BCUT2D eigenvalue weighted by molar-refractivity contribution is 0.492. The van der Waals surface area contributed by atoms with Crippen molar-refractivity contribution < 1.29 is 13.2 Å². The van der Waals surface area contributed by atoms with Crippen molar-refractivity contribution in [3.63, 3.8) is 0 Å². The lowest BCUT2D eigenvalue weighted by Crippen LogP contribution is -1.95. The van der Waals surface area contributed by atoms with E-state index in [1.165, 1.54) is 24.3 Å². The molecule has 2 aromatic rings. The van der Waals surface area contributed by atoms with Gasteiger partial charge in [-0.15, -0.1) is 0 Å². The van der Waals surface area contributed by atoms with Crippen molar-refractivity contribution in [2.75, 3.05) is 5.73 Å². The first kappa shape index (κ1) is 11.9. The molecule has 2 N–H and O–H groups in total. The van der Waals surface area contributed by atoms with E-state index in [4.69, 9.17) is 5.73 Å². The van der Waals surface area contributed by atoms with E-state index in [0.717, 1.165) is 17.8 Å². The number of hydrogen-bond acceptors (Lipinski definition) is 2. The average molecular weight is 255 g/mol. The van der Waals surface area contributed by atoms with Gasteiger partial charge in [-0.3, -0.25) is 0 Å². The number of benzene rings is 2. The van der Waals surface area contributed by atoms with Gasteiger partial charge < -0.3 is 5.73 Å². The fraction of sp³-hybridized carbons (Fsp3) is 0. The molecule has 0 amide bonds. The Hall–Kier alpha value is -1.62. The number of nitrogen functional groups attached to an aromatic ring is 1. The Balaban J connectivity index is 2.39. The van der Waals surface area contributed by atoms with Crippen LogP contribution in [0.25, 0.3) is 0 Å². The molecule has 17 heavy (non-hydrogen) atoms. The molecule has 0 saturated heterocycles. The van der Waals surface area contributed by atoms with Crippen molar-refractivity contribution in [1.29, 1.82) is 0 Å². The molecule has 0 heterocycles. The van der Waals surface area contributed by atoms with Crippen molar-refractivity contribution in [2.24, 2.45) is 0 Å². The Morgan fingerprint density at radius 2 is 1.76 bits per heavy atom. The van der Waals surface area contributed by atoms with Gasteiger partial charge >= 0.3 is 0 Å². The van der Waals surface area contributed by atoms with E-state index < -0.39 is 17.5 Å². The second-order valence-electron chi connectivity index (χ2n) is 3.34. The standard InChI is InChI=1S/C12H8F3NS/c13-7-2-1-3-8(6-7)17-12-10(16)5-4-9(14)11(12)15/h1-6H,16H2. The van der Waals surface area contributed by atoms with Crippen LogP contribution in [-0.4, -0.2) is 0 Å². The highest BCUT2D eigenvalue weighted by Gasteiger charge is 2.13. The molecule has 0 radical (unpaired) electrons. The Morgan fingerprint density at radius 3 is 2.47 bits per heavy atom. The first-order chi connectivity index (χ1) is 8.08. The SMILES string of the molecule is Nc1ccc(F)c(F)c1Sc1cccc(F)c1. The van der Waals surface area contributed by atoms with E-state index in [9.17, 15) is 13.2 Å². The predicted molar refractivity (Wildman–Crippen MR) is 61.3 cm³/mol. The molecule has 0 aliphatic heterocycles. The summed E-state index contributed by atoms with van der Waals surface area (Å²) in [5.74, 6) is -2.43. The number of hydrogen-bond donors (Lipinski definition) is 1. The molecular formula is C12H8F3NS. The minimum atomic E-state index is -1.01. The van der Waals surface area contributed by atoms with Crippen LogP contribution in [0.1, 0.15) is 0 Å². The summed E-state index contributed by atoms with van der Waals surface area (Å²) >= 11 is 0.889. The molecule has 5 heteroatoms. The maximum absolute atomic E-state index is 13.5. The van der Waals surface area contributed by atoms with Crippen LogP contribution in [0.15, 0.2) is 46.2 Å². The molecule has 88 valence electrons. The molecule has 0 fully saturated rings. The predicted octanol–water partition coefficient (Wildman–Crippen LogP) is 3.84. The Kier molecular flexibility index (Phi) is 3.28. The van der Waals surface area contributed by atoms with E-state index in [1.54, 1.807) is 6.07 Å². The number of halogens is 3. The molecule has 2 rings (SSSR count). The number of anilines is 1. The number of rotatable bonds is 2. The van der Waals surface area contributed by atoms with Crippen LogP contribution >= 0.6 is 11.8 Å². The zero-order valence-corrected chi connectivity index (χ0v) is 9.40. The summed E-state index contributed by atoms with van der Waals surface area (Å²) in [6.45, 7) is 0. The van der Waals surface area contributed by atoms with Gasteiger partial charge in [0.1, 0.15) is 5.82 Å². The van der Waals surface area contributed by atoms with Crippen LogP contribution < -0.4 is 5.73 Å². The van der Waals surface area contributed by atoms with Gasteiger partial charge in [0.2, 0.25) is 0 Å². The van der Waals surface area contributed by atoms with Gasteiger partial charge in [-0.1, -0.05) is 17.8 Å². The fourth-order valence-corrected chi connectivity index (χ4v) is 2.23. The summed E-state index contributed by atoms with van der Waals surface area (Å²) in [4.78, 5) is 0.428. The molecule has 1 nitrogen and oxygen atoms in total. The van der Waals surface area contributed by atoms with Gasteiger partial charge in [0, 0.05) is 10.6 Å². The molecule has 2 aromatic carbocycles. The van der Waals surface area contributed by atoms with E-state index >= 15 is 0 Å². The van der Waals surface area contributed by atoms with Crippen molar-refractivity contribution in [2.45, 2.75) is 9.79 Å². The third-order valence-corrected chi connectivity index (χ3v) is 3.21. The van der Waals surface area contributed by atoms with Crippen molar-refractivity contribution in [1.82, 2.24) is 0 Å². The highest BCUT2D eigenvalue weighted by Crippen LogP contribution is 2.35. The minimum absolute atomic E-state index is 0.0319. The topological polar surface area (TPSA) is 26.0 Å². The molecule has 0 atom stereocenters. The smallest absolute Gasteiger partial charge is 0.174 e. The van der Waals surface area contributed by atoms with E-state index in [2.05, 4.69) is 0 Å². The van der Waals surface area contributed by atoms with Gasteiger partial charge in [0.25, 0.3) is 0 Å². The normalized spacial score (nSPS) is 10.5. The molecule has 0 unspecified atom stereocenters. The average Bonchev–Trinajstić information content (AvgIpc) is 2.30.